The number of thiophene rings is 1. The zero-order chi connectivity index (χ0) is 8.39. The molecule has 0 aliphatic rings. The zero-order valence-electron chi connectivity index (χ0n) is 6.20. The second-order valence-electron chi connectivity index (χ2n) is 2.38. The van der Waals surface area contributed by atoms with Crippen LogP contribution in [0.15, 0.2) is 39.8 Å². The Labute approximate surface area is 83.2 Å². The fraction of sp³-hybridized carbons (Fsp3) is 0. The molecule has 0 saturated heterocycles. The fourth-order valence-corrected chi connectivity index (χ4v) is 2.54. The van der Waals surface area contributed by atoms with Crippen molar-refractivity contribution in [2.24, 2.45) is 0 Å². The van der Waals surface area contributed by atoms with Crippen LogP contribution < -0.4 is 0 Å². The molecular formula is C9H6BrNS. The van der Waals surface area contributed by atoms with Crippen molar-refractivity contribution in [1.82, 2.24) is 4.98 Å². The van der Waals surface area contributed by atoms with Crippen molar-refractivity contribution < 1.29 is 0 Å². The highest BCUT2D eigenvalue weighted by Crippen LogP contribution is 2.30. The van der Waals surface area contributed by atoms with E-state index in [1.165, 1.54) is 5.56 Å². The average Bonchev–Trinajstić information content (AvgIpc) is 2.53. The largest absolute Gasteiger partial charge is 0.264 e. The minimum absolute atomic E-state index is 1.14. The van der Waals surface area contributed by atoms with E-state index in [1.807, 2.05) is 12.3 Å². The number of hydrogen-bond donors (Lipinski definition) is 0. The van der Waals surface area contributed by atoms with Gasteiger partial charge in [-0.1, -0.05) is 6.07 Å². The van der Waals surface area contributed by atoms with E-state index in [4.69, 9.17) is 0 Å². The lowest BCUT2D eigenvalue weighted by atomic mass is 10.2. The molecule has 0 N–H and O–H groups in total. The highest BCUT2D eigenvalue weighted by atomic mass is 79.9. The first-order valence-corrected chi connectivity index (χ1v) is 5.23. The topological polar surface area (TPSA) is 12.9 Å². The van der Waals surface area contributed by atoms with Crippen LogP contribution in [0.1, 0.15) is 0 Å². The average molecular weight is 240 g/mol. The lowest BCUT2D eigenvalue weighted by Crippen LogP contribution is -1.75. The molecule has 0 unspecified atom stereocenters. The molecule has 2 heterocycles. The number of hydrogen-bond acceptors (Lipinski definition) is 2. The molecule has 0 aromatic carbocycles. The number of rotatable bonds is 1. The van der Waals surface area contributed by atoms with Crippen molar-refractivity contribution in [3.8, 4) is 11.1 Å². The predicted octanol–water partition coefficient (Wildman–Crippen LogP) is 3.57. The van der Waals surface area contributed by atoms with Crippen molar-refractivity contribution in [2.75, 3.05) is 0 Å². The van der Waals surface area contributed by atoms with Gasteiger partial charge < -0.3 is 0 Å². The molecule has 0 bridgehead atoms. The van der Waals surface area contributed by atoms with Gasteiger partial charge in [-0.15, -0.1) is 0 Å². The van der Waals surface area contributed by atoms with Gasteiger partial charge >= 0.3 is 0 Å². The Hall–Kier alpha value is -0.670. The third-order valence-corrected chi connectivity index (χ3v) is 3.29. The molecule has 2 aromatic rings. The normalized spacial score (nSPS) is 10.1. The van der Waals surface area contributed by atoms with Crippen LogP contribution in [-0.4, -0.2) is 4.98 Å². The Kier molecular flexibility index (Phi) is 2.23. The monoisotopic (exact) mass is 239 g/mol. The maximum Gasteiger partial charge on any atom is 0.0361 e. The second kappa shape index (κ2) is 3.37. The minimum Gasteiger partial charge on any atom is -0.264 e. The van der Waals surface area contributed by atoms with E-state index in [2.05, 4.69) is 37.7 Å². The molecule has 0 radical (unpaired) electrons. The lowest BCUT2D eigenvalue weighted by molar-refractivity contribution is 1.33. The van der Waals surface area contributed by atoms with Crippen LogP contribution in [0.4, 0.5) is 0 Å². The number of halogens is 1. The predicted molar refractivity (Wildman–Crippen MR) is 55.3 cm³/mol. The van der Waals surface area contributed by atoms with E-state index in [0.717, 1.165) is 10.0 Å². The van der Waals surface area contributed by atoms with Crippen LogP contribution in [0.5, 0.6) is 0 Å². The summed E-state index contributed by atoms with van der Waals surface area (Å²) in [5.74, 6) is 0. The quantitative estimate of drug-likeness (QED) is 0.742. The first-order valence-electron chi connectivity index (χ1n) is 3.50. The van der Waals surface area contributed by atoms with Crippen molar-refractivity contribution in [2.45, 2.75) is 0 Å². The van der Waals surface area contributed by atoms with Gasteiger partial charge in [0.05, 0.1) is 0 Å². The van der Waals surface area contributed by atoms with E-state index >= 15 is 0 Å². The van der Waals surface area contributed by atoms with Crippen LogP contribution >= 0.6 is 27.3 Å². The molecule has 2 aromatic heterocycles. The summed E-state index contributed by atoms with van der Waals surface area (Å²) in [5.41, 5.74) is 2.37. The van der Waals surface area contributed by atoms with Crippen LogP contribution in [0, 0.1) is 0 Å². The van der Waals surface area contributed by atoms with E-state index in [1.54, 1.807) is 17.5 Å². The third kappa shape index (κ3) is 1.42. The van der Waals surface area contributed by atoms with Gasteiger partial charge in [0, 0.05) is 33.4 Å². The Morgan fingerprint density at radius 1 is 1.33 bits per heavy atom. The maximum atomic E-state index is 4.07. The summed E-state index contributed by atoms with van der Waals surface area (Å²) in [7, 11) is 0. The second-order valence-corrected chi connectivity index (χ2v) is 3.97. The molecule has 0 spiro atoms. The van der Waals surface area contributed by atoms with Gasteiger partial charge in [-0.2, -0.15) is 11.3 Å². The Morgan fingerprint density at radius 3 is 2.83 bits per heavy atom. The molecule has 3 heteroatoms. The molecule has 1 nitrogen and oxygen atoms in total. The van der Waals surface area contributed by atoms with E-state index in [9.17, 15) is 0 Å². The van der Waals surface area contributed by atoms with Crippen LogP contribution in [0.3, 0.4) is 0 Å². The summed E-state index contributed by atoms with van der Waals surface area (Å²) in [6.07, 6.45) is 3.65. The highest BCUT2D eigenvalue weighted by Gasteiger charge is 2.02. The first kappa shape index (κ1) is 7.95. The first-order chi connectivity index (χ1) is 5.88. The van der Waals surface area contributed by atoms with Gasteiger partial charge in [0.1, 0.15) is 0 Å². The lowest BCUT2D eigenvalue weighted by Gasteiger charge is -1.96. The van der Waals surface area contributed by atoms with E-state index < -0.39 is 0 Å². The molecule has 0 aliphatic carbocycles. The Morgan fingerprint density at radius 2 is 2.25 bits per heavy atom. The van der Waals surface area contributed by atoms with Crippen LogP contribution in [0.25, 0.3) is 11.1 Å². The van der Waals surface area contributed by atoms with Gasteiger partial charge in [-0.25, -0.2) is 0 Å². The Balaban J connectivity index is 2.51. The number of pyridine rings is 1. The van der Waals surface area contributed by atoms with Crippen molar-refractivity contribution in [3.63, 3.8) is 0 Å². The molecule has 0 atom stereocenters. The van der Waals surface area contributed by atoms with Crippen LogP contribution in [0.2, 0.25) is 0 Å². The van der Waals surface area contributed by atoms with Gasteiger partial charge in [0.15, 0.2) is 0 Å². The molecule has 0 amide bonds. The molecule has 60 valence electrons. The zero-order valence-corrected chi connectivity index (χ0v) is 8.60. The summed E-state index contributed by atoms with van der Waals surface area (Å²) in [4.78, 5) is 4.07. The molecule has 0 aliphatic heterocycles. The van der Waals surface area contributed by atoms with E-state index in [-0.39, 0.29) is 0 Å². The summed E-state index contributed by atoms with van der Waals surface area (Å²) in [5, 5.41) is 4.18. The summed E-state index contributed by atoms with van der Waals surface area (Å²) < 4.78 is 1.14. The van der Waals surface area contributed by atoms with Gasteiger partial charge in [-0.05, 0) is 27.4 Å². The Bertz CT molecular complexity index is 369. The smallest absolute Gasteiger partial charge is 0.0361 e. The van der Waals surface area contributed by atoms with Crippen molar-refractivity contribution in [1.29, 1.82) is 0 Å². The summed E-state index contributed by atoms with van der Waals surface area (Å²) >= 11 is 5.17. The maximum absolute atomic E-state index is 4.07. The minimum atomic E-state index is 1.14. The highest BCUT2D eigenvalue weighted by molar-refractivity contribution is 9.10. The van der Waals surface area contributed by atoms with E-state index in [0.29, 0.717) is 0 Å². The van der Waals surface area contributed by atoms with Gasteiger partial charge in [-0.3, -0.25) is 4.98 Å². The molecule has 2 rings (SSSR count). The van der Waals surface area contributed by atoms with Crippen molar-refractivity contribution >= 4 is 27.3 Å². The summed E-state index contributed by atoms with van der Waals surface area (Å²) in [6.45, 7) is 0. The molecular weight excluding hydrogens is 234 g/mol. The molecule has 0 fully saturated rings. The third-order valence-electron chi connectivity index (χ3n) is 1.59. The number of nitrogens with zero attached hydrogens (tertiary/aromatic N) is 1. The number of aromatic nitrogens is 1. The van der Waals surface area contributed by atoms with Gasteiger partial charge in [0.25, 0.3) is 0 Å². The van der Waals surface area contributed by atoms with Gasteiger partial charge in [0.2, 0.25) is 0 Å². The molecule has 12 heavy (non-hydrogen) atoms. The van der Waals surface area contributed by atoms with Crippen molar-refractivity contribution in [3.05, 3.63) is 39.8 Å². The van der Waals surface area contributed by atoms with Crippen LogP contribution in [-0.2, 0) is 0 Å². The molecule has 0 saturated carbocycles. The SMILES string of the molecule is Brc1cscc1-c1cccnc1. The standard InChI is InChI=1S/C9H6BrNS/c10-9-6-12-5-8(9)7-2-1-3-11-4-7/h1-6H. The summed E-state index contributed by atoms with van der Waals surface area (Å²) in [6, 6.07) is 4.00. The fourth-order valence-electron chi connectivity index (χ4n) is 1.01.